The van der Waals surface area contributed by atoms with Gasteiger partial charge in [0.15, 0.2) is 0 Å². The maximum atomic E-state index is 13.0. The second-order valence-electron chi connectivity index (χ2n) is 11.3. The van der Waals surface area contributed by atoms with Crippen molar-refractivity contribution in [2.45, 2.75) is 77.2 Å². The SMILES string of the molecule is CCCCCCCCC(CCCOc1cc(C(=O)Oc2ccc(C(=O)O)cc2)ccc1-c1ccccc1)OC(=O)C(CO)CCO. The summed E-state index contributed by atoms with van der Waals surface area (Å²) in [6.07, 6.45) is 8.34. The smallest absolute Gasteiger partial charge is 0.343 e. The highest BCUT2D eigenvalue weighted by atomic mass is 16.5. The molecular formula is C37H46O9. The fourth-order valence-corrected chi connectivity index (χ4v) is 5.06. The van der Waals surface area contributed by atoms with Crippen molar-refractivity contribution in [1.82, 2.24) is 0 Å². The number of unbranched alkanes of at least 4 members (excludes halogenated alkanes) is 5. The van der Waals surface area contributed by atoms with Crippen molar-refractivity contribution in [3.8, 4) is 22.6 Å². The first-order valence-electron chi connectivity index (χ1n) is 16.2. The molecule has 0 amide bonds. The Morgan fingerprint density at radius 3 is 2.11 bits per heavy atom. The van der Waals surface area contributed by atoms with E-state index in [2.05, 4.69) is 6.92 Å². The monoisotopic (exact) mass is 634 g/mol. The van der Waals surface area contributed by atoms with Gasteiger partial charge >= 0.3 is 17.9 Å². The van der Waals surface area contributed by atoms with E-state index in [1.54, 1.807) is 18.2 Å². The van der Waals surface area contributed by atoms with Crippen molar-refractivity contribution in [3.63, 3.8) is 0 Å². The summed E-state index contributed by atoms with van der Waals surface area (Å²) < 4.78 is 17.5. The quantitative estimate of drug-likeness (QED) is 0.0637. The molecule has 0 aliphatic carbocycles. The molecule has 0 aliphatic rings. The lowest BCUT2D eigenvalue weighted by Gasteiger charge is -2.21. The fraction of sp³-hybridized carbons (Fsp3) is 0.432. The molecule has 3 N–H and O–H groups in total. The van der Waals surface area contributed by atoms with Gasteiger partial charge in [-0.15, -0.1) is 0 Å². The molecule has 3 aromatic rings. The van der Waals surface area contributed by atoms with Gasteiger partial charge in [-0.3, -0.25) is 4.79 Å². The van der Waals surface area contributed by atoms with Crippen molar-refractivity contribution in [2.75, 3.05) is 19.8 Å². The van der Waals surface area contributed by atoms with Crippen LogP contribution in [0.5, 0.6) is 11.5 Å². The normalized spacial score (nSPS) is 12.2. The Kier molecular flexibility index (Phi) is 15.8. The molecule has 0 aromatic heterocycles. The topological polar surface area (TPSA) is 140 Å². The van der Waals surface area contributed by atoms with E-state index in [1.165, 1.54) is 43.5 Å². The maximum absolute atomic E-state index is 13.0. The predicted octanol–water partition coefficient (Wildman–Crippen LogP) is 7.08. The van der Waals surface area contributed by atoms with E-state index in [-0.39, 0.29) is 42.6 Å². The van der Waals surface area contributed by atoms with Gasteiger partial charge in [-0.05, 0) is 80.1 Å². The Hall–Kier alpha value is -4.21. The minimum Gasteiger partial charge on any atom is -0.493 e. The summed E-state index contributed by atoms with van der Waals surface area (Å²) in [6.45, 7) is 1.90. The third-order valence-electron chi connectivity index (χ3n) is 7.74. The first-order chi connectivity index (χ1) is 22.4. The van der Waals surface area contributed by atoms with Crippen LogP contribution in [0.25, 0.3) is 11.1 Å². The highest BCUT2D eigenvalue weighted by Gasteiger charge is 2.23. The minimum atomic E-state index is -1.07. The standard InChI is InChI=1S/C37H46O9/c1-2-3-4-5-6-10-14-31(45-37(43)30(26-39)22-23-38)15-11-24-44-34-25-29(18-21-33(34)27-12-8-7-9-13-27)36(42)46-32-19-16-28(17-20-32)35(40)41/h7-9,12-13,16-21,25,30-31,38-39H,2-6,10-11,14-15,22-24,26H2,1H3,(H,40,41). The number of aliphatic hydroxyl groups is 2. The Morgan fingerprint density at radius 2 is 1.43 bits per heavy atom. The van der Waals surface area contributed by atoms with Gasteiger partial charge in [-0.1, -0.05) is 69.4 Å². The molecule has 0 spiro atoms. The van der Waals surface area contributed by atoms with Crippen LogP contribution in [-0.4, -0.2) is 59.2 Å². The van der Waals surface area contributed by atoms with E-state index < -0.39 is 23.8 Å². The van der Waals surface area contributed by atoms with Crippen LogP contribution in [0.2, 0.25) is 0 Å². The maximum Gasteiger partial charge on any atom is 0.343 e. The molecule has 0 radical (unpaired) electrons. The summed E-state index contributed by atoms with van der Waals surface area (Å²) in [7, 11) is 0. The summed E-state index contributed by atoms with van der Waals surface area (Å²) in [5, 5.41) is 27.9. The highest BCUT2D eigenvalue weighted by Crippen LogP contribution is 2.32. The number of hydrogen-bond acceptors (Lipinski definition) is 8. The molecule has 3 rings (SSSR count). The Morgan fingerprint density at radius 1 is 0.761 bits per heavy atom. The molecule has 0 saturated heterocycles. The van der Waals surface area contributed by atoms with E-state index in [9.17, 15) is 24.6 Å². The van der Waals surface area contributed by atoms with E-state index in [4.69, 9.17) is 19.3 Å². The van der Waals surface area contributed by atoms with Crippen LogP contribution in [0, 0.1) is 5.92 Å². The molecule has 2 atom stereocenters. The lowest BCUT2D eigenvalue weighted by Crippen LogP contribution is -2.27. The van der Waals surface area contributed by atoms with Gasteiger partial charge < -0.3 is 29.5 Å². The third kappa shape index (κ3) is 11.9. The number of hydrogen-bond donors (Lipinski definition) is 3. The number of carboxylic acids is 1. The first-order valence-corrected chi connectivity index (χ1v) is 16.2. The zero-order valence-corrected chi connectivity index (χ0v) is 26.6. The van der Waals surface area contributed by atoms with Crippen molar-refractivity contribution >= 4 is 17.9 Å². The molecule has 46 heavy (non-hydrogen) atoms. The Balaban J connectivity index is 1.68. The number of aromatic carboxylic acids is 1. The average molecular weight is 635 g/mol. The summed E-state index contributed by atoms with van der Waals surface area (Å²) in [4.78, 5) is 36.8. The van der Waals surface area contributed by atoms with Crippen LogP contribution in [0.3, 0.4) is 0 Å². The number of esters is 2. The molecule has 3 aromatic carbocycles. The molecule has 9 nitrogen and oxygen atoms in total. The summed E-state index contributed by atoms with van der Waals surface area (Å²) in [5.74, 6) is -2.21. The van der Waals surface area contributed by atoms with Gasteiger partial charge in [0, 0.05) is 12.2 Å². The molecule has 248 valence electrons. The number of carbonyl (C=O) groups excluding carboxylic acids is 2. The molecule has 0 heterocycles. The Labute approximate surface area is 271 Å². The molecule has 0 saturated carbocycles. The molecule has 2 unspecified atom stereocenters. The van der Waals surface area contributed by atoms with E-state index in [0.29, 0.717) is 31.6 Å². The second-order valence-corrected chi connectivity index (χ2v) is 11.3. The van der Waals surface area contributed by atoms with E-state index in [1.807, 2.05) is 30.3 Å². The van der Waals surface area contributed by atoms with Crippen LogP contribution in [0.4, 0.5) is 0 Å². The highest BCUT2D eigenvalue weighted by molar-refractivity contribution is 5.93. The lowest BCUT2D eigenvalue weighted by atomic mass is 10.0. The van der Waals surface area contributed by atoms with Gasteiger partial charge in [0.2, 0.25) is 0 Å². The van der Waals surface area contributed by atoms with Crippen LogP contribution < -0.4 is 9.47 Å². The molecule has 0 fully saturated rings. The van der Waals surface area contributed by atoms with Gasteiger partial charge in [0.25, 0.3) is 0 Å². The van der Waals surface area contributed by atoms with E-state index in [0.717, 1.165) is 30.4 Å². The van der Waals surface area contributed by atoms with Crippen molar-refractivity contribution < 1.29 is 43.9 Å². The van der Waals surface area contributed by atoms with Crippen LogP contribution in [0.15, 0.2) is 72.8 Å². The van der Waals surface area contributed by atoms with Gasteiger partial charge in [0.1, 0.15) is 17.6 Å². The third-order valence-corrected chi connectivity index (χ3v) is 7.74. The van der Waals surface area contributed by atoms with Gasteiger partial charge in [-0.2, -0.15) is 0 Å². The predicted molar refractivity (Wildman–Crippen MR) is 175 cm³/mol. The summed E-state index contributed by atoms with van der Waals surface area (Å²) in [6, 6.07) is 20.3. The van der Waals surface area contributed by atoms with Crippen LogP contribution in [-0.2, 0) is 9.53 Å². The zero-order chi connectivity index (χ0) is 33.1. The summed E-state index contributed by atoms with van der Waals surface area (Å²) >= 11 is 0. The Bertz CT molecular complexity index is 1360. The minimum absolute atomic E-state index is 0.0880. The zero-order valence-electron chi connectivity index (χ0n) is 26.6. The molecule has 0 aliphatic heterocycles. The number of rotatable bonds is 21. The number of carbonyl (C=O) groups is 3. The van der Waals surface area contributed by atoms with E-state index >= 15 is 0 Å². The average Bonchev–Trinajstić information content (AvgIpc) is 3.07. The first kappa shape index (κ1) is 36.3. The number of ether oxygens (including phenoxy) is 3. The van der Waals surface area contributed by atoms with Crippen molar-refractivity contribution in [2.24, 2.45) is 5.92 Å². The van der Waals surface area contributed by atoms with Gasteiger partial charge in [0.05, 0.1) is 30.3 Å². The fourth-order valence-electron chi connectivity index (χ4n) is 5.06. The second kappa shape index (κ2) is 20.0. The van der Waals surface area contributed by atoms with Crippen LogP contribution in [0.1, 0.15) is 91.8 Å². The van der Waals surface area contributed by atoms with Crippen LogP contribution >= 0.6 is 0 Å². The number of aliphatic hydroxyl groups excluding tert-OH is 2. The largest absolute Gasteiger partial charge is 0.493 e. The lowest BCUT2D eigenvalue weighted by molar-refractivity contribution is -0.157. The van der Waals surface area contributed by atoms with Crippen molar-refractivity contribution in [3.05, 3.63) is 83.9 Å². The molecular weight excluding hydrogens is 588 g/mol. The van der Waals surface area contributed by atoms with Crippen molar-refractivity contribution in [1.29, 1.82) is 0 Å². The van der Waals surface area contributed by atoms with Gasteiger partial charge in [-0.25, -0.2) is 9.59 Å². The number of benzene rings is 3. The molecule has 0 bridgehead atoms. The molecule has 9 heteroatoms. The number of carboxylic acid groups (broad SMARTS) is 1. The summed E-state index contributed by atoms with van der Waals surface area (Å²) in [5.41, 5.74) is 2.07.